The average Bonchev–Trinajstić information content (AvgIpc) is 2.98. The molecule has 0 heterocycles. The standard InChI is InChI=1S/2C16H14O4.ClH/c2*1-20-16(19)13-7-4-11(5-8-13)2-3-12-6-9-14(17)15(18)10-12;/h2*2-10,17-18H,1H3;1H. The molecule has 0 unspecified atom stereocenters. The van der Waals surface area contributed by atoms with Crippen LogP contribution in [0.4, 0.5) is 0 Å². The quantitative estimate of drug-likeness (QED) is 0.116. The van der Waals surface area contributed by atoms with Gasteiger partial charge in [-0.15, -0.1) is 12.4 Å². The summed E-state index contributed by atoms with van der Waals surface area (Å²) in [6, 6.07) is 23.1. The summed E-state index contributed by atoms with van der Waals surface area (Å²) in [7, 11) is 2.68. The molecular weight excluding hydrogens is 548 g/mol. The minimum absolute atomic E-state index is 0. The number of rotatable bonds is 6. The maximum atomic E-state index is 11.3. The lowest BCUT2D eigenvalue weighted by molar-refractivity contribution is 0.0592. The lowest BCUT2D eigenvalue weighted by Gasteiger charge is -2.00. The molecule has 4 aromatic carbocycles. The second-order valence-electron chi connectivity index (χ2n) is 8.39. The molecule has 9 heteroatoms. The first-order valence-corrected chi connectivity index (χ1v) is 12.0. The zero-order chi connectivity index (χ0) is 29.1. The van der Waals surface area contributed by atoms with Crippen LogP contribution < -0.4 is 0 Å². The van der Waals surface area contributed by atoms with Crippen LogP contribution in [-0.2, 0) is 9.47 Å². The normalized spacial score (nSPS) is 10.4. The van der Waals surface area contributed by atoms with Crippen LogP contribution in [0.5, 0.6) is 23.0 Å². The van der Waals surface area contributed by atoms with Crippen molar-refractivity contribution in [2.24, 2.45) is 0 Å². The van der Waals surface area contributed by atoms with Gasteiger partial charge >= 0.3 is 11.9 Å². The Labute approximate surface area is 243 Å². The van der Waals surface area contributed by atoms with Crippen molar-refractivity contribution in [1.29, 1.82) is 0 Å². The van der Waals surface area contributed by atoms with Gasteiger partial charge in [-0.25, -0.2) is 9.59 Å². The molecule has 0 radical (unpaired) electrons. The Kier molecular flexibility index (Phi) is 12.0. The SMILES string of the molecule is COC(=O)c1ccc(C=Cc2ccc(O)c(O)c2)cc1.COC(=O)c1ccc(C=Cc2ccc(O)c(O)c2)cc1.Cl. The van der Waals surface area contributed by atoms with E-state index < -0.39 is 0 Å². The van der Waals surface area contributed by atoms with E-state index in [9.17, 15) is 30.0 Å². The number of benzene rings is 4. The third kappa shape index (κ3) is 9.49. The first-order valence-electron chi connectivity index (χ1n) is 12.0. The number of carbonyl (C=O) groups is 2. The van der Waals surface area contributed by atoms with Gasteiger partial charge in [-0.2, -0.15) is 0 Å². The van der Waals surface area contributed by atoms with E-state index >= 15 is 0 Å². The van der Waals surface area contributed by atoms with E-state index in [0.717, 1.165) is 22.3 Å². The van der Waals surface area contributed by atoms with Gasteiger partial charge in [0.25, 0.3) is 0 Å². The van der Waals surface area contributed by atoms with Crippen molar-refractivity contribution in [3.8, 4) is 23.0 Å². The fourth-order valence-corrected chi connectivity index (χ4v) is 3.37. The summed E-state index contributed by atoms with van der Waals surface area (Å²) in [4.78, 5) is 22.6. The second-order valence-corrected chi connectivity index (χ2v) is 8.39. The third-order valence-electron chi connectivity index (χ3n) is 5.60. The van der Waals surface area contributed by atoms with Crippen LogP contribution in [0.3, 0.4) is 0 Å². The molecule has 0 aromatic heterocycles. The van der Waals surface area contributed by atoms with E-state index in [2.05, 4.69) is 9.47 Å². The van der Waals surface area contributed by atoms with Crippen LogP contribution in [0.2, 0.25) is 0 Å². The number of carbonyl (C=O) groups excluding carboxylic acids is 2. The van der Waals surface area contributed by atoms with Crippen molar-refractivity contribution in [2.45, 2.75) is 0 Å². The fourth-order valence-electron chi connectivity index (χ4n) is 3.37. The second kappa shape index (κ2) is 15.4. The number of aromatic hydroxyl groups is 4. The molecule has 4 aromatic rings. The lowest BCUT2D eigenvalue weighted by atomic mass is 10.1. The van der Waals surface area contributed by atoms with E-state index in [1.54, 1.807) is 72.8 Å². The van der Waals surface area contributed by atoms with E-state index in [1.165, 1.54) is 38.5 Å². The molecule has 0 spiro atoms. The minimum atomic E-state index is -0.371. The Morgan fingerprint density at radius 1 is 0.488 bits per heavy atom. The van der Waals surface area contributed by atoms with E-state index in [4.69, 9.17) is 0 Å². The van der Waals surface area contributed by atoms with Crippen molar-refractivity contribution < 1.29 is 39.5 Å². The van der Waals surface area contributed by atoms with Crippen molar-refractivity contribution in [2.75, 3.05) is 14.2 Å². The number of hydrogen-bond acceptors (Lipinski definition) is 8. The molecule has 0 amide bonds. The zero-order valence-electron chi connectivity index (χ0n) is 22.2. The van der Waals surface area contributed by atoms with Gasteiger partial charge in [0.2, 0.25) is 0 Å². The van der Waals surface area contributed by atoms with Gasteiger partial charge in [-0.3, -0.25) is 0 Å². The minimum Gasteiger partial charge on any atom is -0.504 e. The van der Waals surface area contributed by atoms with Gasteiger partial charge in [0.1, 0.15) is 0 Å². The van der Waals surface area contributed by atoms with Crippen molar-refractivity contribution in [3.63, 3.8) is 0 Å². The summed E-state index contributed by atoms with van der Waals surface area (Å²) >= 11 is 0. The van der Waals surface area contributed by atoms with Crippen LogP contribution in [0.25, 0.3) is 24.3 Å². The van der Waals surface area contributed by atoms with Crippen LogP contribution in [0.1, 0.15) is 43.0 Å². The molecule has 0 saturated carbocycles. The number of methoxy groups -OCH3 is 2. The van der Waals surface area contributed by atoms with Crippen LogP contribution in [0, 0.1) is 0 Å². The predicted octanol–water partition coefficient (Wildman–Crippen LogP) is 6.53. The molecule has 0 aliphatic rings. The van der Waals surface area contributed by atoms with Gasteiger partial charge in [0.05, 0.1) is 25.3 Å². The molecule has 8 nitrogen and oxygen atoms in total. The molecule has 4 rings (SSSR count). The Bertz CT molecular complexity index is 1410. The number of hydrogen-bond donors (Lipinski definition) is 4. The number of phenols is 4. The largest absolute Gasteiger partial charge is 0.504 e. The summed E-state index contributed by atoms with van der Waals surface area (Å²) < 4.78 is 9.24. The van der Waals surface area contributed by atoms with Gasteiger partial charge < -0.3 is 29.9 Å². The maximum Gasteiger partial charge on any atom is 0.337 e. The van der Waals surface area contributed by atoms with Gasteiger partial charge in [-0.1, -0.05) is 60.7 Å². The summed E-state index contributed by atoms with van der Waals surface area (Å²) in [5.74, 6) is -1.36. The lowest BCUT2D eigenvalue weighted by Crippen LogP contribution is -2.00. The van der Waals surface area contributed by atoms with E-state index in [1.807, 2.05) is 12.2 Å². The highest BCUT2D eigenvalue weighted by molar-refractivity contribution is 5.90. The van der Waals surface area contributed by atoms with Gasteiger partial charge in [0, 0.05) is 0 Å². The Morgan fingerprint density at radius 2 is 0.780 bits per heavy atom. The number of phenolic OH excluding ortho intramolecular Hbond substituents is 4. The molecule has 4 N–H and O–H groups in total. The molecular formula is C32H29ClO8. The monoisotopic (exact) mass is 576 g/mol. The Morgan fingerprint density at radius 3 is 1.07 bits per heavy atom. The number of esters is 2. The summed E-state index contributed by atoms with van der Waals surface area (Å²) in [6.07, 6.45) is 7.28. The molecule has 0 saturated heterocycles. The highest BCUT2D eigenvalue weighted by Crippen LogP contribution is 2.26. The van der Waals surface area contributed by atoms with Gasteiger partial charge in [0.15, 0.2) is 23.0 Å². The molecule has 0 aliphatic carbocycles. The van der Waals surface area contributed by atoms with E-state index in [0.29, 0.717) is 11.1 Å². The van der Waals surface area contributed by atoms with Crippen molar-refractivity contribution >= 4 is 48.6 Å². The third-order valence-corrected chi connectivity index (χ3v) is 5.60. The zero-order valence-corrected chi connectivity index (χ0v) is 23.0. The average molecular weight is 577 g/mol. The summed E-state index contributed by atoms with van der Waals surface area (Å²) in [6.45, 7) is 0. The maximum absolute atomic E-state index is 11.3. The topological polar surface area (TPSA) is 134 Å². The Balaban J connectivity index is 0.000000280. The summed E-state index contributed by atoms with van der Waals surface area (Å²) in [5.41, 5.74) is 4.32. The highest BCUT2D eigenvalue weighted by Gasteiger charge is 2.04. The molecule has 41 heavy (non-hydrogen) atoms. The van der Waals surface area contributed by atoms with Crippen LogP contribution in [-0.4, -0.2) is 46.6 Å². The van der Waals surface area contributed by atoms with Gasteiger partial charge in [-0.05, 0) is 70.8 Å². The first-order chi connectivity index (χ1) is 19.2. The fraction of sp³-hybridized carbons (Fsp3) is 0.0625. The first kappa shape index (κ1) is 32.0. The number of ether oxygens (including phenoxy) is 2. The smallest absolute Gasteiger partial charge is 0.337 e. The number of halogens is 1. The molecule has 212 valence electrons. The molecule has 0 fully saturated rings. The van der Waals surface area contributed by atoms with Crippen LogP contribution in [0.15, 0.2) is 84.9 Å². The predicted molar refractivity (Wildman–Crippen MR) is 160 cm³/mol. The molecule has 0 bridgehead atoms. The van der Waals surface area contributed by atoms with Crippen molar-refractivity contribution in [1.82, 2.24) is 0 Å². The van der Waals surface area contributed by atoms with E-state index in [-0.39, 0.29) is 47.3 Å². The Hall–Kier alpha value is -5.21. The summed E-state index contributed by atoms with van der Waals surface area (Å²) in [5, 5.41) is 37.2. The molecule has 0 atom stereocenters. The van der Waals surface area contributed by atoms with Crippen molar-refractivity contribution in [3.05, 3.63) is 118 Å². The highest BCUT2D eigenvalue weighted by atomic mass is 35.5. The van der Waals surface area contributed by atoms with Crippen LogP contribution >= 0.6 is 12.4 Å². The molecule has 0 aliphatic heterocycles.